The predicted molar refractivity (Wildman–Crippen MR) is 100 cm³/mol. The number of carbonyl (C=O) groups excluding carboxylic acids is 1. The van der Waals surface area contributed by atoms with Crippen LogP contribution in [0.5, 0.6) is 5.75 Å². The smallest absolute Gasteiger partial charge is 0.232 e. The highest BCUT2D eigenvalue weighted by Gasteiger charge is 2.34. The summed E-state index contributed by atoms with van der Waals surface area (Å²) in [7, 11) is 0. The molecule has 0 spiro atoms. The maximum Gasteiger partial charge on any atom is 0.232 e. The first-order valence-electron chi connectivity index (χ1n) is 9.11. The summed E-state index contributed by atoms with van der Waals surface area (Å²) < 4.78 is 11.0. The highest BCUT2D eigenvalue weighted by molar-refractivity contribution is 5.79. The van der Waals surface area contributed by atoms with Gasteiger partial charge < -0.3 is 14.2 Å². The average Bonchev–Trinajstić information content (AvgIpc) is 3.31. The van der Waals surface area contributed by atoms with E-state index in [0.717, 1.165) is 16.9 Å². The van der Waals surface area contributed by atoms with E-state index in [1.54, 1.807) is 0 Å². The van der Waals surface area contributed by atoms with Gasteiger partial charge in [0.15, 0.2) is 0 Å². The van der Waals surface area contributed by atoms with Crippen molar-refractivity contribution < 1.29 is 14.1 Å². The van der Waals surface area contributed by atoms with E-state index in [-0.39, 0.29) is 11.8 Å². The van der Waals surface area contributed by atoms with Gasteiger partial charge in [-0.25, -0.2) is 0 Å². The zero-order valence-corrected chi connectivity index (χ0v) is 15.2. The number of benzene rings is 2. The van der Waals surface area contributed by atoms with E-state index < -0.39 is 0 Å². The first kappa shape index (κ1) is 17.3. The molecule has 4 rings (SSSR count). The third-order valence-corrected chi connectivity index (χ3v) is 4.62. The standard InChI is InChI=1S/C21H21N3O3/c1-2-26-18-10-6-9-16(11-18)20-22-21(27-23-20)17-12-19(25)24(14-17)13-15-7-4-3-5-8-15/h3-11,17H,2,12-14H2,1H3. The molecule has 0 aliphatic carbocycles. The largest absolute Gasteiger partial charge is 0.494 e. The van der Waals surface area contributed by atoms with Crippen LogP contribution in [-0.2, 0) is 11.3 Å². The molecule has 138 valence electrons. The van der Waals surface area contributed by atoms with Gasteiger partial charge in [-0.05, 0) is 24.6 Å². The summed E-state index contributed by atoms with van der Waals surface area (Å²) in [5, 5.41) is 4.09. The number of likely N-dealkylation sites (tertiary alicyclic amines) is 1. The van der Waals surface area contributed by atoms with E-state index >= 15 is 0 Å². The number of carbonyl (C=O) groups is 1. The van der Waals surface area contributed by atoms with Crippen LogP contribution in [0.1, 0.15) is 30.7 Å². The van der Waals surface area contributed by atoms with Crippen molar-refractivity contribution in [2.45, 2.75) is 25.8 Å². The normalized spacial score (nSPS) is 16.7. The molecule has 1 atom stereocenters. The molecule has 6 nitrogen and oxygen atoms in total. The van der Waals surface area contributed by atoms with E-state index in [0.29, 0.717) is 37.8 Å². The van der Waals surface area contributed by atoms with Crippen LogP contribution in [0.3, 0.4) is 0 Å². The maximum absolute atomic E-state index is 12.4. The highest BCUT2D eigenvalue weighted by Crippen LogP contribution is 2.30. The van der Waals surface area contributed by atoms with Gasteiger partial charge in [0, 0.05) is 25.1 Å². The lowest BCUT2D eigenvalue weighted by atomic mass is 10.1. The monoisotopic (exact) mass is 363 g/mol. The fraction of sp³-hybridized carbons (Fsp3) is 0.286. The van der Waals surface area contributed by atoms with Crippen molar-refractivity contribution in [1.82, 2.24) is 15.0 Å². The summed E-state index contributed by atoms with van der Waals surface area (Å²) in [5.41, 5.74) is 1.95. The minimum atomic E-state index is -0.0717. The zero-order valence-electron chi connectivity index (χ0n) is 15.2. The second-order valence-electron chi connectivity index (χ2n) is 6.58. The molecule has 27 heavy (non-hydrogen) atoms. The van der Waals surface area contributed by atoms with Crippen molar-refractivity contribution in [3.8, 4) is 17.1 Å². The Balaban J connectivity index is 1.47. The molecule has 2 heterocycles. The minimum Gasteiger partial charge on any atom is -0.494 e. The van der Waals surface area contributed by atoms with Crippen molar-refractivity contribution in [1.29, 1.82) is 0 Å². The van der Waals surface area contributed by atoms with Gasteiger partial charge in [0.2, 0.25) is 17.6 Å². The molecule has 1 fully saturated rings. The van der Waals surface area contributed by atoms with Gasteiger partial charge in [-0.15, -0.1) is 0 Å². The molecule has 2 aromatic carbocycles. The van der Waals surface area contributed by atoms with Gasteiger partial charge in [0.1, 0.15) is 5.75 Å². The Hall–Kier alpha value is -3.15. The summed E-state index contributed by atoms with van der Waals surface area (Å²) in [5.74, 6) is 1.84. The van der Waals surface area contributed by atoms with Crippen molar-refractivity contribution in [3.05, 3.63) is 66.1 Å². The molecular formula is C21H21N3O3. The molecule has 0 saturated carbocycles. The second-order valence-corrected chi connectivity index (χ2v) is 6.58. The fourth-order valence-electron chi connectivity index (χ4n) is 3.30. The quantitative estimate of drug-likeness (QED) is 0.669. The fourth-order valence-corrected chi connectivity index (χ4v) is 3.30. The molecular weight excluding hydrogens is 342 g/mol. The number of hydrogen-bond donors (Lipinski definition) is 0. The molecule has 0 bridgehead atoms. The molecule has 0 N–H and O–H groups in total. The molecule has 1 unspecified atom stereocenters. The Morgan fingerprint density at radius 3 is 2.85 bits per heavy atom. The highest BCUT2D eigenvalue weighted by atomic mass is 16.5. The zero-order chi connectivity index (χ0) is 18.6. The minimum absolute atomic E-state index is 0.0717. The predicted octanol–water partition coefficient (Wildman–Crippen LogP) is 3.65. The van der Waals surface area contributed by atoms with Crippen LogP contribution in [0.15, 0.2) is 59.1 Å². The SMILES string of the molecule is CCOc1cccc(-c2noc(C3CC(=O)N(Cc4ccccc4)C3)n2)c1. The van der Waals surface area contributed by atoms with Gasteiger partial charge in [0.25, 0.3) is 0 Å². The van der Waals surface area contributed by atoms with Crippen molar-refractivity contribution in [2.24, 2.45) is 0 Å². The number of aromatic nitrogens is 2. The average molecular weight is 363 g/mol. The Kier molecular flexibility index (Phi) is 4.87. The summed E-state index contributed by atoms with van der Waals surface area (Å²) in [6, 6.07) is 17.6. The Labute approximate surface area is 157 Å². The van der Waals surface area contributed by atoms with Gasteiger partial charge in [0.05, 0.1) is 12.5 Å². The van der Waals surface area contributed by atoms with Gasteiger partial charge in [-0.2, -0.15) is 4.98 Å². The lowest BCUT2D eigenvalue weighted by Crippen LogP contribution is -2.24. The van der Waals surface area contributed by atoms with E-state index in [2.05, 4.69) is 10.1 Å². The molecule has 0 radical (unpaired) electrons. The Morgan fingerprint density at radius 1 is 1.19 bits per heavy atom. The first-order valence-corrected chi connectivity index (χ1v) is 9.11. The molecule has 1 saturated heterocycles. The lowest BCUT2D eigenvalue weighted by Gasteiger charge is -2.15. The molecule has 1 aliphatic heterocycles. The number of rotatable bonds is 6. The van der Waals surface area contributed by atoms with Crippen LogP contribution < -0.4 is 4.74 Å². The van der Waals surface area contributed by atoms with Crippen molar-refractivity contribution >= 4 is 5.91 Å². The number of ether oxygens (including phenoxy) is 1. The van der Waals surface area contributed by atoms with Crippen LogP contribution in [-0.4, -0.2) is 34.1 Å². The van der Waals surface area contributed by atoms with E-state index in [9.17, 15) is 4.79 Å². The van der Waals surface area contributed by atoms with E-state index in [1.807, 2.05) is 66.4 Å². The third kappa shape index (κ3) is 3.84. The van der Waals surface area contributed by atoms with E-state index in [1.165, 1.54) is 0 Å². The number of amides is 1. The topological polar surface area (TPSA) is 68.5 Å². The van der Waals surface area contributed by atoms with Crippen LogP contribution in [0, 0.1) is 0 Å². The number of nitrogens with zero attached hydrogens (tertiary/aromatic N) is 3. The van der Waals surface area contributed by atoms with Crippen LogP contribution in [0.2, 0.25) is 0 Å². The summed E-state index contributed by atoms with van der Waals surface area (Å²) >= 11 is 0. The van der Waals surface area contributed by atoms with Crippen molar-refractivity contribution in [3.63, 3.8) is 0 Å². The third-order valence-electron chi connectivity index (χ3n) is 4.62. The van der Waals surface area contributed by atoms with E-state index in [4.69, 9.17) is 9.26 Å². The van der Waals surface area contributed by atoms with Gasteiger partial charge in [-0.1, -0.05) is 47.6 Å². The Bertz CT molecular complexity index is 923. The first-order chi connectivity index (χ1) is 13.2. The molecule has 1 amide bonds. The van der Waals surface area contributed by atoms with Crippen LogP contribution in [0.25, 0.3) is 11.4 Å². The van der Waals surface area contributed by atoms with Crippen molar-refractivity contribution in [2.75, 3.05) is 13.2 Å². The number of hydrogen-bond acceptors (Lipinski definition) is 5. The second kappa shape index (κ2) is 7.61. The molecule has 1 aliphatic rings. The lowest BCUT2D eigenvalue weighted by molar-refractivity contribution is -0.128. The molecule has 3 aromatic rings. The maximum atomic E-state index is 12.4. The van der Waals surface area contributed by atoms with Crippen LogP contribution >= 0.6 is 0 Å². The van der Waals surface area contributed by atoms with Gasteiger partial charge >= 0.3 is 0 Å². The van der Waals surface area contributed by atoms with Crippen LogP contribution in [0.4, 0.5) is 0 Å². The Morgan fingerprint density at radius 2 is 2.04 bits per heavy atom. The summed E-state index contributed by atoms with van der Waals surface area (Å²) in [6.45, 7) is 3.74. The summed E-state index contributed by atoms with van der Waals surface area (Å²) in [4.78, 5) is 18.7. The molecule has 6 heteroatoms. The summed E-state index contributed by atoms with van der Waals surface area (Å²) in [6.07, 6.45) is 0.396. The van der Waals surface area contributed by atoms with Gasteiger partial charge in [-0.3, -0.25) is 4.79 Å². The molecule has 1 aromatic heterocycles.